The van der Waals surface area contributed by atoms with E-state index in [0.717, 1.165) is 0 Å². The van der Waals surface area contributed by atoms with Crippen molar-refractivity contribution in [2.45, 2.75) is 59.2 Å². The molecule has 25 heavy (non-hydrogen) atoms. The second kappa shape index (κ2) is 5.45. The Morgan fingerprint density at radius 2 is 2.12 bits per heavy atom. The normalized spacial score (nSPS) is 38.2. The second-order valence-electron chi connectivity index (χ2n) is 8.32. The van der Waals surface area contributed by atoms with Gasteiger partial charge in [0.1, 0.15) is 12.2 Å². The van der Waals surface area contributed by atoms with Gasteiger partial charge in [-0.1, -0.05) is 13.8 Å². The van der Waals surface area contributed by atoms with Crippen LogP contribution in [-0.4, -0.2) is 36.7 Å². The van der Waals surface area contributed by atoms with E-state index in [4.69, 9.17) is 14.2 Å². The molecule has 0 radical (unpaired) electrons. The molecule has 0 N–H and O–H groups in total. The zero-order valence-electron chi connectivity index (χ0n) is 15.0. The molecule has 2 bridgehead atoms. The number of hydrogen-bond acceptors (Lipinski definition) is 7. The maximum absolute atomic E-state index is 12.1. The number of carbonyl (C=O) groups is 3. The van der Waals surface area contributed by atoms with Crippen molar-refractivity contribution in [2.24, 2.45) is 22.2 Å². The highest BCUT2D eigenvalue weighted by Gasteiger charge is 2.76. The number of rotatable bonds is 5. The van der Waals surface area contributed by atoms with E-state index in [1.165, 1.54) is 0 Å². The molecule has 3 aliphatic rings. The molecule has 0 aromatic carbocycles. The van der Waals surface area contributed by atoms with Crippen molar-refractivity contribution in [2.75, 3.05) is 6.61 Å². The van der Waals surface area contributed by atoms with E-state index >= 15 is 0 Å². The van der Waals surface area contributed by atoms with Crippen LogP contribution in [-0.2, 0) is 28.6 Å². The van der Waals surface area contributed by atoms with Crippen LogP contribution in [0.15, 0.2) is 0 Å². The molecule has 7 heteroatoms. The molecule has 3 rings (SSSR count). The first-order chi connectivity index (χ1) is 11.6. The Balaban J connectivity index is 1.64. The zero-order chi connectivity index (χ0) is 18.6. The van der Waals surface area contributed by atoms with Crippen molar-refractivity contribution < 1.29 is 28.6 Å². The molecule has 136 valence electrons. The molecule has 0 spiro atoms. The monoisotopic (exact) mass is 349 g/mol. The van der Waals surface area contributed by atoms with Crippen LogP contribution in [0.5, 0.6) is 0 Å². The summed E-state index contributed by atoms with van der Waals surface area (Å²) in [7, 11) is 0. The van der Waals surface area contributed by atoms with Gasteiger partial charge in [-0.3, -0.25) is 9.59 Å². The van der Waals surface area contributed by atoms with E-state index < -0.39 is 53.0 Å². The Morgan fingerprint density at radius 3 is 2.72 bits per heavy atom. The lowest BCUT2D eigenvalue weighted by Gasteiger charge is -2.34. The predicted molar refractivity (Wildman–Crippen MR) is 83.7 cm³/mol. The third-order valence-electron chi connectivity index (χ3n) is 6.21. The van der Waals surface area contributed by atoms with E-state index in [0.29, 0.717) is 19.3 Å². The van der Waals surface area contributed by atoms with Crippen molar-refractivity contribution in [1.29, 1.82) is 5.26 Å². The molecule has 5 unspecified atom stereocenters. The minimum atomic E-state index is -1.10. The second-order valence-corrected chi connectivity index (χ2v) is 8.32. The number of nitrogens with zero attached hydrogens (tertiary/aromatic N) is 1. The van der Waals surface area contributed by atoms with E-state index in [1.807, 2.05) is 13.8 Å². The minimum absolute atomic E-state index is 0.241. The number of hydrogen-bond donors (Lipinski definition) is 0. The van der Waals surface area contributed by atoms with Gasteiger partial charge in [0, 0.05) is 11.3 Å². The first-order valence-corrected chi connectivity index (χ1v) is 8.59. The van der Waals surface area contributed by atoms with Crippen LogP contribution < -0.4 is 0 Å². The third kappa shape index (κ3) is 2.42. The Morgan fingerprint density at radius 1 is 1.44 bits per heavy atom. The average Bonchev–Trinajstić information content (AvgIpc) is 3.09. The fourth-order valence-electron chi connectivity index (χ4n) is 4.35. The van der Waals surface area contributed by atoms with Crippen LogP contribution in [0.1, 0.15) is 47.0 Å². The van der Waals surface area contributed by atoms with E-state index in [1.54, 1.807) is 13.8 Å². The number of ether oxygens (including phenoxy) is 3. The van der Waals surface area contributed by atoms with Gasteiger partial charge in [-0.25, -0.2) is 4.79 Å². The van der Waals surface area contributed by atoms with Gasteiger partial charge in [0.25, 0.3) is 0 Å². The third-order valence-corrected chi connectivity index (χ3v) is 6.21. The van der Waals surface area contributed by atoms with Gasteiger partial charge in [0.2, 0.25) is 0 Å². The maximum Gasteiger partial charge on any atom is 0.344 e. The molecule has 1 saturated heterocycles. The Bertz CT molecular complexity index is 680. The average molecular weight is 349 g/mol. The first kappa shape index (κ1) is 17.7. The van der Waals surface area contributed by atoms with Gasteiger partial charge in [-0.15, -0.1) is 0 Å². The van der Waals surface area contributed by atoms with Crippen molar-refractivity contribution in [3.63, 3.8) is 0 Å². The summed E-state index contributed by atoms with van der Waals surface area (Å²) in [4.78, 5) is 36.2. The van der Waals surface area contributed by atoms with Crippen molar-refractivity contribution in [3.8, 4) is 6.07 Å². The quantitative estimate of drug-likeness (QED) is 0.550. The van der Waals surface area contributed by atoms with Crippen molar-refractivity contribution >= 4 is 17.9 Å². The standard InChI is InChI=1S/C18H23NO6/c1-5-16(2,3)14(21)23-7-11(20)24-13-12-10-6-17(13,4)8-18(10,9-19)15(22)25-12/h10,12-13H,5-8H2,1-4H3. The Kier molecular flexibility index (Phi) is 3.86. The molecule has 2 aliphatic carbocycles. The summed E-state index contributed by atoms with van der Waals surface area (Å²) in [6.07, 6.45) is 0.347. The summed E-state index contributed by atoms with van der Waals surface area (Å²) in [5.41, 5.74) is -2.23. The molecular formula is C18H23NO6. The van der Waals surface area contributed by atoms with Gasteiger partial charge in [0.05, 0.1) is 11.5 Å². The van der Waals surface area contributed by atoms with E-state index in [-0.39, 0.29) is 5.92 Å². The van der Waals surface area contributed by atoms with Crippen molar-refractivity contribution in [3.05, 3.63) is 0 Å². The predicted octanol–water partition coefficient (Wildman–Crippen LogP) is 1.74. The molecule has 0 amide bonds. The molecule has 2 saturated carbocycles. The van der Waals surface area contributed by atoms with Crippen LogP contribution in [0, 0.1) is 33.5 Å². The summed E-state index contributed by atoms with van der Waals surface area (Å²) < 4.78 is 15.9. The molecule has 0 aromatic heterocycles. The summed E-state index contributed by atoms with van der Waals surface area (Å²) in [6, 6.07) is 2.13. The maximum atomic E-state index is 12.1. The molecule has 7 nitrogen and oxygen atoms in total. The van der Waals surface area contributed by atoms with E-state index in [9.17, 15) is 19.6 Å². The molecule has 1 aliphatic heterocycles. The minimum Gasteiger partial charge on any atom is -0.457 e. The summed E-state index contributed by atoms with van der Waals surface area (Å²) in [5, 5.41) is 9.45. The zero-order valence-corrected chi connectivity index (χ0v) is 15.0. The van der Waals surface area contributed by atoms with Crippen molar-refractivity contribution in [1.82, 2.24) is 0 Å². The number of carbonyl (C=O) groups excluding carboxylic acids is 3. The summed E-state index contributed by atoms with van der Waals surface area (Å²) in [6.45, 7) is 6.80. The topological polar surface area (TPSA) is 103 Å². The lowest BCUT2D eigenvalue weighted by atomic mass is 9.70. The highest BCUT2D eigenvalue weighted by Crippen LogP contribution is 2.67. The Hall–Kier alpha value is -2.10. The molecule has 1 heterocycles. The van der Waals surface area contributed by atoms with Crippen LogP contribution in [0.25, 0.3) is 0 Å². The SMILES string of the molecule is CCC(C)(C)C(=O)OCC(=O)OC1C2OC(=O)C3(C#N)CC1(C)CC23. The van der Waals surface area contributed by atoms with Crippen LogP contribution >= 0.6 is 0 Å². The number of nitriles is 1. The lowest BCUT2D eigenvalue weighted by molar-refractivity contribution is -0.175. The molecular weight excluding hydrogens is 326 g/mol. The summed E-state index contributed by atoms with van der Waals surface area (Å²) >= 11 is 0. The fourth-order valence-corrected chi connectivity index (χ4v) is 4.35. The molecule has 5 atom stereocenters. The van der Waals surface area contributed by atoms with E-state index in [2.05, 4.69) is 6.07 Å². The largest absolute Gasteiger partial charge is 0.457 e. The van der Waals surface area contributed by atoms with Gasteiger partial charge in [-0.05, 0) is 33.1 Å². The van der Waals surface area contributed by atoms with Crippen LogP contribution in [0.3, 0.4) is 0 Å². The highest BCUT2D eigenvalue weighted by molar-refractivity contribution is 5.85. The van der Waals surface area contributed by atoms with Gasteiger partial charge < -0.3 is 14.2 Å². The lowest BCUT2D eigenvalue weighted by Crippen LogP contribution is -2.44. The van der Waals surface area contributed by atoms with Gasteiger partial charge in [-0.2, -0.15) is 5.26 Å². The van der Waals surface area contributed by atoms with Crippen LogP contribution in [0.2, 0.25) is 0 Å². The number of fused-ring (bicyclic) bond motifs is 1. The first-order valence-electron chi connectivity index (χ1n) is 8.59. The Labute approximate surface area is 146 Å². The number of esters is 3. The van der Waals surface area contributed by atoms with Gasteiger partial charge >= 0.3 is 17.9 Å². The van der Waals surface area contributed by atoms with Gasteiger partial charge in [0.15, 0.2) is 12.0 Å². The summed E-state index contributed by atoms with van der Waals surface area (Å²) in [5.74, 6) is -1.87. The molecule has 3 fully saturated rings. The fraction of sp³-hybridized carbons (Fsp3) is 0.778. The smallest absolute Gasteiger partial charge is 0.344 e. The highest BCUT2D eigenvalue weighted by atomic mass is 16.6. The molecule has 0 aromatic rings. The van der Waals surface area contributed by atoms with Crippen LogP contribution in [0.4, 0.5) is 0 Å².